The molecule has 0 bridgehead atoms. The number of aromatic nitrogens is 1. The van der Waals surface area contributed by atoms with E-state index in [9.17, 15) is 18.8 Å². The Balaban J connectivity index is 1.35. The van der Waals surface area contributed by atoms with Crippen LogP contribution in [0.5, 0.6) is 5.75 Å². The number of ether oxygens (including phenoxy) is 1. The summed E-state index contributed by atoms with van der Waals surface area (Å²) in [7, 11) is 0. The first-order valence-corrected chi connectivity index (χ1v) is 10.3. The number of amides is 1. The molecular weight excluding hydrogens is 430 g/mol. The Hall–Kier alpha value is -4.19. The summed E-state index contributed by atoms with van der Waals surface area (Å²) in [6.45, 7) is 1.41. The molecule has 0 aliphatic carbocycles. The van der Waals surface area contributed by atoms with Gasteiger partial charge in [0.25, 0.3) is 5.91 Å². The summed E-state index contributed by atoms with van der Waals surface area (Å²) in [5, 5.41) is 9.44. The molecule has 4 rings (SSSR count). The molecule has 9 heteroatoms. The number of nitrogens with zero attached hydrogens (tertiary/aromatic N) is 4. The van der Waals surface area contributed by atoms with Crippen molar-refractivity contribution in [2.45, 2.75) is 0 Å². The third-order valence-electron chi connectivity index (χ3n) is 5.13. The van der Waals surface area contributed by atoms with Crippen LogP contribution in [0.4, 0.5) is 14.7 Å². The normalized spacial score (nSPS) is 13.8. The van der Waals surface area contributed by atoms with Crippen molar-refractivity contribution < 1.29 is 22.7 Å². The van der Waals surface area contributed by atoms with Crippen molar-refractivity contribution in [2.24, 2.45) is 0 Å². The van der Waals surface area contributed by atoms with Gasteiger partial charge in [-0.1, -0.05) is 24.3 Å². The van der Waals surface area contributed by atoms with Crippen LogP contribution in [0.2, 0.25) is 0 Å². The smallest absolute Gasteiger partial charge is 0.260 e. The van der Waals surface area contributed by atoms with Gasteiger partial charge in [0.2, 0.25) is 17.5 Å². The fraction of sp³-hybridized carbons (Fsp3) is 0.208. The quantitative estimate of drug-likeness (QED) is 0.569. The average molecular weight is 450 g/mol. The molecule has 3 aromatic rings. The Morgan fingerprint density at radius 2 is 1.82 bits per heavy atom. The van der Waals surface area contributed by atoms with Gasteiger partial charge in [0.05, 0.1) is 0 Å². The highest BCUT2D eigenvalue weighted by Gasteiger charge is 2.26. The molecule has 1 saturated heterocycles. The number of carbonyl (C=O) groups is 1. The monoisotopic (exact) mass is 450 g/mol. The van der Waals surface area contributed by atoms with E-state index in [4.69, 9.17) is 9.15 Å². The number of hydrogen-bond acceptors (Lipinski definition) is 6. The van der Waals surface area contributed by atoms with E-state index in [0.29, 0.717) is 32.1 Å². The van der Waals surface area contributed by atoms with E-state index in [1.807, 2.05) is 11.0 Å². The Kier molecular flexibility index (Phi) is 6.64. The Morgan fingerprint density at radius 3 is 2.52 bits per heavy atom. The topological polar surface area (TPSA) is 82.6 Å². The molecule has 0 unspecified atom stereocenters. The summed E-state index contributed by atoms with van der Waals surface area (Å²) >= 11 is 0. The number of para-hydroxylation sites is 1. The summed E-state index contributed by atoms with van der Waals surface area (Å²) in [6, 6.07) is 13.9. The number of carbonyl (C=O) groups excluding carboxylic acids is 1. The van der Waals surface area contributed by atoms with Gasteiger partial charge in [-0.3, -0.25) is 4.79 Å². The number of oxazole rings is 1. The zero-order chi connectivity index (χ0) is 23.2. The fourth-order valence-electron chi connectivity index (χ4n) is 3.38. The lowest BCUT2D eigenvalue weighted by Gasteiger charge is -2.34. The number of piperazine rings is 1. The highest BCUT2D eigenvalue weighted by atomic mass is 19.1. The maximum absolute atomic E-state index is 13.6. The maximum Gasteiger partial charge on any atom is 0.260 e. The first-order valence-electron chi connectivity index (χ1n) is 10.3. The largest absolute Gasteiger partial charge is 0.481 e. The summed E-state index contributed by atoms with van der Waals surface area (Å²) in [4.78, 5) is 20.1. The third-order valence-corrected chi connectivity index (χ3v) is 5.13. The van der Waals surface area contributed by atoms with Crippen molar-refractivity contribution in [3.05, 3.63) is 77.3 Å². The lowest BCUT2D eigenvalue weighted by atomic mass is 10.2. The van der Waals surface area contributed by atoms with Gasteiger partial charge in [-0.05, 0) is 35.9 Å². The summed E-state index contributed by atoms with van der Waals surface area (Å²) in [5.74, 6) is -0.471. The lowest BCUT2D eigenvalue weighted by molar-refractivity contribution is -0.133. The number of rotatable bonds is 6. The molecule has 1 fully saturated rings. The van der Waals surface area contributed by atoms with E-state index in [1.165, 1.54) is 24.3 Å². The summed E-state index contributed by atoms with van der Waals surface area (Å²) in [6.07, 6.45) is 3.32. The Labute approximate surface area is 189 Å². The number of halogens is 2. The van der Waals surface area contributed by atoms with E-state index in [2.05, 4.69) is 4.98 Å². The minimum Gasteiger partial charge on any atom is -0.481 e. The van der Waals surface area contributed by atoms with Crippen LogP contribution in [-0.2, 0) is 4.79 Å². The average Bonchev–Trinajstić information content (AvgIpc) is 3.26. The van der Waals surface area contributed by atoms with E-state index >= 15 is 0 Å². The molecule has 33 heavy (non-hydrogen) atoms. The van der Waals surface area contributed by atoms with Crippen molar-refractivity contribution >= 4 is 23.9 Å². The van der Waals surface area contributed by atoms with E-state index in [0.717, 1.165) is 5.56 Å². The first-order chi connectivity index (χ1) is 16.0. The van der Waals surface area contributed by atoms with E-state index in [1.54, 1.807) is 41.3 Å². The van der Waals surface area contributed by atoms with Crippen molar-refractivity contribution in [1.29, 1.82) is 5.26 Å². The molecule has 2 heterocycles. The van der Waals surface area contributed by atoms with Gasteiger partial charge >= 0.3 is 0 Å². The zero-order valence-corrected chi connectivity index (χ0v) is 17.6. The van der Waals surface area contributed by atoms with Gasteiger partial charge in [-0.15, -0.1) is 0 Å². The molecule has 1 aliphatic rings. The minimum absolute atomic E-state index is 0.0334. The molecule has 1 aromatic heterocycles. The molecule has 1 aliphatic heterocycles. The Bertz CT molecular complexity index is 1190. The van der Waals surface area contributed by atoms with Crippen LogP contribution in [0.3, 0.4) is 0 Å². The van der Waals surface area contributed by atoms with E-state index < -0.39 is 5.82 Å². The first kappa shape index (κ1) is 22.0. The van der Waals surface area contributed by atoms with Gasteiger partial charge < -0.3 is 19.0 Å². The highest BCUT2D eigenvalue weighted by molar-refractivity contribution is 5.78. The van der Waals surface area contributed by atoms with Crippen molar-refractivity contribution in [3.8, 4) is 11.8 Å². The molecule has 0 N–H and O–H groups in total. The predicted octanol–water partition coefficient (Wildman–Crippen LogP) is 3.72. The second-order valence-electron chi connectivity index (χ2n) is 7.29. The van der Waals surface area contributed by atoms with E-state index in [-0.39, 0.29) is 35.7 Å². The molecule has 0 spiro atoms. The molecule has 0 atom stereocenters. The standard InChI is InChI=1S/C24H20F2N4O3/c25-18-8-5-17(6-9-18)7-10-22-28-20(15-27)24(33-22)30-13-11-29(12-14-30)23(31)16-32-21-4-2-1-3-19(21)26/h1-10H,11-14,16H2/b10-7+. The van der Waals surface area contributed by atoms with Crippen LogP contribution in [0, 0.1) is 23.0 Å². The zero-order valence-electron chi connectivity index (χ0n) is 17.6. The van der Waals surface area contributed by atoms with Gasteiger partial charge in [0.1, 0.15) is 11.9 Å². The predicted molar refractivity (Wildman–Crippen MR) is 117 cm³/mol. The lowest BCUT2D eigenvalue weighted by Crippen LogP contribution is -2.50. The molecular formula is C24H20F2N4O3. The number of nitriles is 1. The molecule has 2 aromatic carbocycles. The highest BCUT2D eigenvalue weighted by Crippen LogP contribution is 2.24. The summed E-state index contributed by atoms with van der Waals surface area (Å²) in [5.41, 5.74) is 0.913. The van der Waals surface area contributed by atoms with Gasteiger partial charge in [-0.25, -0.2) is 8.78 Å². The SMILES string of the molecule is N#Cc1nc(/C=C/c2ccc(F)cc2)oc1N1CCN(C(=O)COc2ccccc2F)CC1. The van der Waals surface area contributed by atoms with Crippen LogP contribution >= 0.6 is 0 Å². The van der Waals surface area contributed by atoms with Crippen LogP contribution in [0.15, 0.2) is 52.9 Å². The molecule has 168 valence electrons. The van der Waals surface area contributed by atoms with Crippen molar-refractivity contribution in [2.75, 3.05) is 37.7 Å². The number of hydrogen-bond donors (Lipinski definition) is 0. The molecule has 7 nitrogen and oxygen atoms in total. The van der Waals surface area contributed by atoms with Crippen LogP contribution in [0.1, 0.15) is 17.1 Å². The van der Waals surface area contributed by atoms with Gasteiger partial charge in [0, 0.05) is 32.3 Å². The van der Waals surface area contributed by atoms with Crippen molar-refractivity contribution in [1.82, 2.24) is 9.88 Å². The van der Waals surface area contributed by atoms with Crippen LogP contribution in [-0.4, -0.2) is 48.6 Å². The van der Waals surface area contributed by atoms with Crippen LogP contribution in [0.25, 0.3) is 12.2 Å². The third kappa shape index (κ3) is 5.36. The Morgan fingerprint density at radius 1 is 1.09 bits per heavy atom. The van der Waals surface area contributed by atoms with Crippen LogP contribution < -0.4 is 9.64 Å². The second-order valence-corrected chi connectivity index (χ2v) is 7.29. The number of benzene rings is 2. The fourth-order valence-corrected chi connectivity index (χ4v) is 3.38. The molecule has 1 amide bonds. The van der Waals surface area contributed by atoms with Gasteiger partial charge in [-0.2, -0.15) is 10.2 Å². The van der Waals surface area contributed by atoms with Crippen molar-refractivity contribution in [3.63, 3.8) is 0 Å². The van der Waals surface area contributed by atoms with Gasteiger partial charge in [0.15, 0.2) is 18.2 Å². The molecule has 0 saturated carbocycles. The minimum atomic E-state index is -0.520. The maximum atomic E-state index is 13.6. The molecule has 0 radical (unpaired) electrons. The second kappa shape index (κ2) is 9.96. The number of anilines is 1. The summed E-state index contributed by atoms with van der Waals surface area (Å²) < 4.78 is 37.7.